The Labute approximate surface area is 106 Å². The van der Waals surface area contributed by atoms with Crippen LogP contribution in [0, 0.1) is 0 Å². The second-order valence-corrected chi connectivity index (χ2v) is 4.45. The molecule has 1 aromatic carbocycles. The van der Waals surface area contributed by atoms with Crippen LogP contribution >= 0.6 is 11.6 Å². The lowest BCUT2D eigenvalue weighted by molar-refractivity contribution is 0.548. The fraction of sp³-hybridized carbons (Fsp3) is 0.333. The van der Waals surface area contributed by atoms with Crippen LogP contribution in [-0.2, 0) is 13.6 Å². The van der Waals surface area contributed by atoms with E-state index in [2.05, 4.69) is 28.5 Å². The van der Waals surface area contributed by atoms with Crippen LogP contribution in [-0.4, -0.2) is 14.8 Å². The number of benzene rings is 1. The average Bonchev–Trinajstić information content (AvgIpc) is 2.72. The molecule has 1 atom stereocenters. The Hall–Kier alpha value is -1.39. The molecule has 0 aliphatic heterocycles. The molecule has 1 aromatic heterocycles. The van der Waals surface area contributed by atoms with E-state index in [0.717, 1.165) is 10.8 Å². The van der Waals surface area contributed by atoms with Crippen molar-refractivity contribution in [2.24, 2.45) is 7.05 Å². The number of nitrogens with one attached hydrogen (secondary N) is 1. The third-order valence-electron chi connectivity index (χ3n) is 2.72. The van der Waals surface area contributed by atoms with Gasteiger partial charge in [0, 0.05) is 18.1 Å². The van der Waals surface area contributed by atoms with Gasteiger partial charge in [-0.3, -0.25) is 0 Å². The molecule has 0 amide bonds. The molecule has 17 heavy (non-hydrogen) atoms. The zero-order chi connectivity index (χ0) is 12.3. The van der Waals surface area contributed by atoms with E-state index in [1.165, 1.54) is 5.56 Å². The first-order valence-corrected chi connectivity index (χ1v) is 5.86. The Balaban J connectivity index is 1.98. The maximum atomic E-state index is 5.96. The first-order valence-electron chi connectivity index (χ1n) is 5.48. The van der Waals surface area contributed by atoms with Crippen molar-refractivity contribution in [3.05, 3.63) is 47.0 Å². The summed E-state index contributed by atoms with van der Waals surface area (Å²) in [5.41, 5.74) is 1.17. The van der Waals surface area contributed by atoms with Crippen LogP contribution in [0.2, 0.25) is 5.02 Å². The van der Waals surface area contributed by atoms with Gasteiger partial charge >= 0.3 is 0 Å². The Bertz CT molecular complexity index is 495. The monoisotopic (exact) mass is 250 g/mol. The van der Waals surface area contributed by atoms with Gasteiger partial charge in [0.05, 0.1) is 6.54 Å². The molecule has 90 valence electrons. The molecule has 0 aliphatic carbocycles. The minimum absolute atomic E-state index is 0.227. The first-order chi connectivity index (χ1) is 8.16. The van der Waals surface area contributed by atoms with Crippen LogP contribution in [0.15, 0.2) is 30.6 Å². The molecular formula is C12H15ClN4. The van der Waals surface area contributed by atoms with Gasteiger partial charge < -0.3 is 9.88 Å². The highest BCUT2D eigenvalue weighted by Gasteiger charge is 2.07. The minimum atomic E-state index is 0.227. The number of halogens is 1. The molecule has 1 heterocycles. The number of rotatable bonds is 4. The molecule has 0 spiro atoms. The van der Waals surface area contributed by atoms with Crippen LogP contribution in [0.4, 0.5) is 0 Å². The summed E-state index contributed by atoms with van der Waals surface area (Å²) in [4.78, 5) is 0. The zero-order valence-electron chi connectivity index (χ0n) is 9.89. The van der Waals surface area contributed by atoms with Gasteiger partial charge in [0.2, 0.25) is 0 Å². The van der Waals surface area contributed by atoms with Crippen molar-refractivity contribution in [3.63, 3.8) is 0 Å². The number of aromatic nitrogens is 3. The van der Waals surface area contributed by atoms with Gasteiger partial charge in [0.1, 0.15) is 12.2 Å². The first kappa shape index (κ1) is 12.1. The maximum Gasteiger partial charge on any atom is 0.146 e. The van der Waals surface area contributed by atoms with E-state index in [9.17, 15) is 0 Å². The molecule has 0 fully saturated rings. The Morgan fingerprint density at radius 2 is 2.29 bits per heavy atom. The van der Waals surface area contributed by atoms with Crippen molar-refractivity contribution >= 4 is 11.6 Å². The second-order valence-electron chi connectivity index (χ2n) is 4.02. The number of nitrogens with zero attached hydrogens (tertiary/aromatic N) is 3. The fourth-order valence-electron chi connectivity index (χ4n) is 1.61. The van der Waals surface area contributed by atoms with Gasteiger partial charge in [-0.05, 0) is 24.6 Å². The molecule has 0 saturated carbocycles. The summed E-state index contributed by atoms with van der Waals surface area (Å²) in [6, 6.07) is 8.08. The number of hydrogen-bond donors (Lipinski definition) is 1. The van der Waals surface area contributed by atoms with Crippen molar-refractivity contribution in [1.82, 2.24) is 20.1 Å². The molecule has 0 aliphatic rings. The van der Waals surface area contributed by atoms with Crippen LogP contribution in [0.5, 0.6) is 0 Å². The highest BCUT2D eigenvalue weighted by molar-refractivity contribution is 6.30. The smallest absolute Gasteiger partial charge is 0.146 e. The Morgan fingerprint density at radius 3 is 2.94 bits per heavy atom. The van der Waals surface area contributed by atoms with E-state index in [1.807, 2.05) is 29.8 Å². The van der Waals surface area contributed by atoms with E-state index in [0.29, 0.717) is 6.54 Å². The lowest BCUT2D eigenvalue weighted by atomic mass is 10.1. The predicted molar refractivity (Wildman–Crippen MR) is 67.7 cm³/mol. The van der Waals surface area contributed by atoms with E-state index in [1.54, 1.807) is 6.33 Å². The SMILES string of the molecule is CC(NCc1nncn1C)c1cccc(Cl)c1. The fourth-order valence-corrected chi connectivity index (χ4v) is 1.80. The zero-order valence-corrected chi connectivity index (χ0v) is 10.6. The van der Waals surface area contributed by atoms with Crippen LogP contribution in [0.1, 0.15) is 24.4 Å². The number of aryl methyl sites for hydroxylation is 1. The predicted octanol–water partition coefficient (Wildman–Crippen LogP) is 2.32. The molecule has 0 saturated heterocycles. The van der Waals surface area contributed by atoms with Crippen LogP contribution < -0.4 is 5.32 Å². The quantitative estimate of drug-likeness (QED) is 0.906. The summed E-state index contributed by atoms with van der Waals surface area (Å²) in [6.07, 6.45) is 1.70. The van der Waals surface area contributed by atoms with Gasteiger partial charge in [-0.1, -0.05) is 23.7 Å². The summed E-state index contributed by atoms with van der Waals surface area (Å²) >= 11 is 5.96. The minimum Gasteiger partial charge on any atom is -0.320 e. The summed E-state index contributed by atoms with van der Waals surface area (Å²) in [5, 5.41) is 12.0. The van der Waals surface area contributed by atoms with E-state index < -0.39 is 0 Å². The third kappa shape index (κ3) is 3.05. The molecule has 1 N–H and O–H groups in total. The average molecular weight is 251 g/mol. The lowest BCUT2D eigenvalue weighted by Gasteiger charge is -2.13. The van der Waals surface area contributed by atoms with Crippen molar-refractivity contribution in [3.8, 4) is 0 Å². The van der Waals surface area contributed by atoms with Crippen molar-refractivity contribution in [2.45, 2.75) is 19.5 Å². The van der Waals surface area contributed by atoms with Gasteiger partial charge in [0.25, 0.3) is 0 Å². The van der Waals surface area contributed by atoms with Crippen LogP contribution in [0.25, 0.3) is 0 Å². The summed E-state index contributed by atoms with van der Waals surface area (Å²) in [7, 11) is 1.93. The van der Waals surface area contributed by atoms with E-state index in [-0.39, 0.29) is 6.04 Å². The molecule has 2 aromatic rings. The molecule has 0 radical (unpaired) electrons. The topological polar surface area (TPSA) is 42.7 Å². The summed E-state index contributed by atoms with van der Waals surface area (Å²) < 4.78 is 1.90. The maximum absolute atomic E-state index is 5.96. The van der Waals surface area contributed by atoms with E-state index >= 15 is 0 Å². The number of hydrogen-bond acceptors (Lipinski definition) is 3. The second kappa shape index (κ2) is 5.29. The summed E-state index contributed by atoms with van der Waals surface area (Å²) in [5.74, 6) is 0.916. The normalized spacial score (nSPS) is 12.6. The van der Waals surface area contributed by atoms with Gasteiger partial charge in [0.15, 0.2) is 0 Å². The van der Waals surface area contributed by atoms with E-state index in [4.69, 9.17) is 11.6 Å². The molecule has 0 bridgehead atoms. The molecule has 5 heteroatoms. The summed E-state index contributed by atoms with van der Waals surface area (Å²) in [6.45, 7) is 2.78. The van der Waals surface area contributed by atoms with Crippen LogP contribution in [0.3, 0.4) is 0 Å². The largest absolute Gasteiger partial charge is 0.320 e. The standard InChI is InChI=1S/C12H15ClN4/c1-9(10-4-3-5-11(13)6-10)14-7-12-16-15-8-17(12)2/h3-6,8-9,14H,7H2,1-2H3. The third-order valence-corrected chi connectivity index (χ3v) is 2.96. The lowest BCUT2D eigenvalue weighted by Crippen LogP contribution is -2.20. The molecular weight excluding hydrogens is 236 g/mol. The van der Waals surface area contributed by atoms with Crippen molar-refractivity contribution in [2.75, 3.05) is 0 Å². The highest BCUT2D eigenvalue weighted by atomic mass is 35.5. The Morgan fingerprint density at radius 1 is 1.47 bits per heavy atom. The molecule has 4 nitrogen and oxygen atoms in total. The Kier molecular flexibility index (Phi) is 3.76. The van der Waals surface area contributed by atoms with Gasteiger partial charge in [-0.2, -0.15) is 0 Å². The van der Waals surface area contributed by atoms with Crippen molar-refractivity contribution < 1.29 is 0 Å². The highest BCUT2D eigenvalue weighted by Crippen LogP contribution is 2.17. The van der Waals surface area contributed by atoms with Crippen molar-refractivity contribution in [1.29, 1.82) is 0 Å². The molecule has 1 unspecified atom stereocenters. The van der Waals surface area contributed by atoms with Gasteiger partial charge in [-0.25, -0.2) is 0 Å². The molecule has 2 rings (SSSR count). The van der Waals surface area contributed by atoms with Gasteiger partial charge in [-0.15, -0.1) is 10.2 Å².